The van der Waals surface area contributed by atoms with E-state index in [0.717, 1.165) is 87.3 Å². The average molecular weight is 497 g/mol. The normalized spacial score (nSPS) is 11.5. The van der Waals surface area contributed by atoms with E-state index >= 15 is 0 Å². The molecule has 0 atom stereocenters. The number of aromatic nitrogens is 4. The highest BCUT2D eigenvalue weighted by atomic mass is 35.5. The minimum Gasteiger partial charge on any atom is -0.357 e. The van der Waals surface area contributed by atoms with Gasteiger partial charge in [-0.3, -0.25) is 9.97 Å². The number of nitrogens with zero attached hydrogens (tertiary/aromatic N) is 4. The van der Waals surface area contributed by atoms with E-state index in [2.05, 4.69) is 57.2 Å². The van der Waals surface area contributed by atoms with Crippen LogP contribution in [0, 0.1) is 0 Å². The maximum atomic E-state index is 6.86. The van der Waals surface area contributed by atoms with Crippen molar-refractivity contribution in [1.29, 1.82) is 0 Å². The molecule has 6 nitrogen and oxygen atoms in total. The van der Waals surface area contributed by atoms with Gasteiger partial charge >= 0.3 is 0 Å². The second kappa shape index (κ2) is 11.9. The summed E-state index contributed by atoms with van der Waals surface area (Å²) in [5.41, 5.74) is 3.89. The van der Waals surface area contributed by atoms with Gasteiger partial charge in [0.25, 0.3) is 0 Å². The van der Waals surface area contributed by atoms with Gasteiger partial charge in [0.1, 0.15) is 10.8 Å². The van der Waals surface area contributed by atoms with E-state index in [1.54, 1.807) is 24.2 Å². The van der Waals surface area contributed by atoms with Crippen molar-refractivity contribution in [1.82, 2.24) is 25.3 Å². The van der Waals surface area contributed by atoms with E-state index in [0.29, 0.717) is 0 Å². The monoisotopic (exact) mass is 496 g/mol. The third-order valence-corrected chi connectivity index (χ3v) is 7.24. The Bertz CT molecular complexity index is 1240. The first-order valence-electron chi connectivity index (χ1n) is 12.1. The Morgan fingerprint density at radius 1 is 1.03 bits per heavy atom. The summed E-state index contributed by atoms with van der Waals surface area (Å²) in [4.78, 5) is 21.0. The van der Waals surface area contributed by atoms with Crippen molar-refractivity contribution in [2.75, 3.05) is 31.6 Å². The molecule has 3 heterocycles. The number of hydrogen-bond donors (Lipinski definition) is 2. The summed E-state index contributed by atoms with van der Waals surface area (Å²) < 4.78 is 0. The van der Waals surface area contributed by atoms with E-state index in [9.17, 15) is 0 Å². The fraction of sp³-hybridized carbons (Fsp3) is 0.423. The SMILES string of the molecule is CCCN(CCCCCNC)c1nc(Sc2ccc3nccnc3c2)cc2[nH]c(CC)c(Cl)c12. The van der Waals surface area contributed by atoms with Crippen LogP contribution in [0.1, 0.15) is 45.2 Å². The lowest BCUT2D eigenvalue weighted by atomic mass is 10.2. The predicted molar refractivity (Wildman–Crippen MR) is 144 cm³/mol. The van der Waals surface area contributed by atoms with Crippen molar-refractivity contribution in [2.24, 2.45) is 0 Å². The van der Waals surface area contributed by atoms with E-state index < -0.39 is 0 Å². The van der Waals surface area contributed by atoms with Gasteiger partial charge < -0.3 is 15.2 Å². The zero-order chi connectivity index (χ0) is 23.9. The zero-order valence-corrected chi connectivity index (χ0v) is 21.8. The van der Waals surface area contributed by atoms with Gasteiger partial charge in [-0.1, -0.05) is 43.6 Å². The Kier molecular flexibility index (Phi) is 8.64. The van der Waals surface area contributed by atoms with Crippen molar-refractivity contribution in [3.05, 3.63) is 47.4 Å². The van der Waals surface area contributed by atoms with Crippen LogP contribution < -0.4 is 10.2 Å². The molecule has 0 spiro atoms. The number of unbranched alkanes of at least 4 members (excludes halogenated alkanes) is 2. The van der Waals surface area contributed by atoms with Crippen LogP contribution in [-0.4, -0.2) is 46.6 Å². The van der Waals surface area contributed by atoms with Gasteiger partial charge in [-0.25, -0.2) is 4.98 Å². The largest absolute Gasteiger partial charge is 0.357 e. The molecular formula is C26H33ClN6S. The molecule has 1 aromatic carbocycles. The zero-order valence-electron chi connectivity index (χ0n) is 20.2. The number of benzene rings is 1. The quantitative estimate of drug-likeness (QED) is 0.219. The van der Waals surface area contributed by atoms with Crippen molar-refractivity contribution in [3.63, 3.8) is 0 Å². The van der Waals surface area contributed by atoms with Gasteiger partial charge in [-0.15, -0.1) is 0 Å². The molecule has 0 bridgehead atoms. The molecule has 8 heteroatoms. The number of aryl methyl sites for hydroxylation is 1. The summed E-state index contributed by atoms with van der Waals surface area (Å²) in [5, 5.41) is 6.02. The number of anilines is 1. The molecule has 34 heavy (non-hydrogen) atoms. The van der Waals surface area contributed by atoms with Crippen LogP contribution in [0.15, 0.2) is 46.6 Å². The Labute approximate surface area is 210 Å². The van der Waals surface area contributed by atoms with E-state index in [4.69, 9.17) is 16.6 Å². The number of halogens is 1. The minimum absolute atomic E-state index is 0.800. The topological polar surface area (TPSA) is 69.7 Å². The van der Waals surface area contributed by atoms with Crippen molar-refractivity contribution in [2.45, 2.75) is 55.9 Å². The number of aromatic amines is 1. The van der Waals surface area contributed by atoms with Crippen LogP contribution in [0.25, 0.3) is 21.9 Å². The fourth-order valence-corrected chi connectivity index (χ4v) is 5.44. The van der Waals surface area contributed by atoms with Crippen LogP contribution in [0.2, 0.25) is 5.02 Å². The van der Waals surface area contributed by atoms with Crippen molar-refractivity contribution < 1.29 is 0 Å². The first-order valence-corrected chi connectivity index (χ1v) is 13.3. The molecule has 3 aromatic heterocycles. The van der Waals surface area contributed by atoms with Gasteiger partial charge in [0.15, 0.2) is 0 Å². The molecule has 0 amide bonds. The lowest BCUT2D eigenvalue weighted by Gasteiger charge is -2.25. The molecule has 0 aliphatic carbocycles. The molecule has 4 rings (SSSR count). The van der Waals surface area contributed by atoms with Crippen LogP contribution in [-0.2, 0) is 6.42 Å². The molecule has 0 aliphatic heterocycles. The first-order chi connectivity index (χ1) is 16.6. The minimum atomic E-state index is 0.800. The molecule has 0 saturated carbocycles. The number of fused-ring (bicyclic) bond motifs is 2. The van der Waals surface area contributed by atoms with Gasteiger partial charge in [0, 0.05) is 36.1 Å². The second-order valence-corrected chi connectivity index (χ2v) is 9.91. The van der Waals surface area contributed by atoms with Crippen LogP contribution in [0.3, 0.4) is 0 Å². The average Bonchev–Trinajstić information content (AvgIpc) is 3.18. The number of pyridine rings is 1. The molecule has 180 valence electrons. The van der Waals surface area contributed by atoms with Gasteiger partial charge in [-0.2, -0.15) is 0 Å². The van der Waals surface area contributed by atoms with Crippen molar-refractivity contribution >= 4 is 51.1 Å². The maximum Gasteiger partial charge on any atom is 0.140 e. The highest BCUT2D eigenvalue weighted by molar-refractivity contribution is 7.99. The van der Waals surface area contributed by atoms with Gasteiger partial charge in [0.2, 0.25) is 0 Å². The number of hydrogen-bond acceptors (Lipinski definition) is 6. The van der Waals surface area contributed by atoms with E-state index in [-0.39, 0.29) is 0 Å². The molecular weight excluding hydrogens is 464 g/mol. The predicted octanol–water partition coefficient (Wildman–Crippen LogP) is 6.48. The molecule has 4 aromatic rings. The van der Waals surface area contributed by atoms with Gasteiger partial charge in [0.05, 0.1) is 27.0 Å². The molecule has 0 fully saturated rings. The summed E-state index contributed by atoms with van der Waals surface area (Å²) in [6, 6.07) is 8.28. The van der Waals surface area contributed by atoms with Crippen LogP contribution in [0.4, 0.5) is 5.82 Å². The molecule has 0 radical (unpaired) electrons. The smallest absolute Gasteiger partial charge is 0.140 e. The lowest BCUT2D eigenvalue weighted by Crippen LogP contribution is -2.26. The van der Waals surface area contributed by atoms with Crippen LogP contribution in [0.5, 0.6) is 0 Å². The highest BCUT2D eigenvalue weighted by Gasteiger charge is 2.20. The number of rotatable bonds is 12. The van der Waals surface area contributed by atoms with E-state index in [1.807, 2.05) is 13.1 Å². The summed E-state index contributed by atoms with van der Waals surface area (Å²) in [5.74, 6) is 0.983. The Hall–Kier alpha value is -2.35. The number of nitrogens with one attached hydrogen (secondary N) is 2. The maximum absolute atomic E-state index is 6.86. The summed E-state index contributed by atoms with van der Waals surface area (Å²) >= 11 is 8.51. The first kappa shape index (κ1) is 24.8. The molecule has 2 N–H and O–H groups in total. The summed E-state index contributed by atoms with van der Waals surface area (Å²) in [6.45, 7) is 7.33. The van der Waals surface area contributed by atoms with Crippen molar-refractivity contribution in [3.8, 4) is 0 Å². The highest BCUT2D eigenvalue weighted by Crippen LogP contribution is 2.39. The third kappa shape index (κ3) is 5.65. The molecule has 0 unspecified atom stereocenters. The summed E-state index contributed by atoms with van der Waals surface area (Å²) in [6.07, 6.45) is 8.88. The molecule has 0 saturated heterocycles. The fourth-order valence-electron chi connectivity index (χ4n) is 4.22. The summed E-state index contributed by atoms with van der Waals surface area (Å²) in [7, 11) is 2.01. The lowest BCUT2D eigenvalue weighted by molar-refractivity contribution is 0.621. The Morgan fingerprint density at radius 2 is 1.85 bits per heavy atom. The van der Waals surface area contributed by atoms with Gasteiger partial charge in [-0.05, 0) is 63.5 Å². The Balaban J connectivity index is 1.69. The third-order valence-electron chi connectivity index (χ3n) is 5.91. The Morgan fingerprint density at radius 3 is 2.62 bits per heavy atom. The van der Waals surface area contributed by atoms with E-state index in [1.165, 1.54) is 12.8 Å². The van der Waals surface area contributed by atoms with Crippen LogP contribution >= 0.6 is 23.4 Å². The molecule has 0 aliphatic rings. The standard InChI is InChI=1S/C26H33ClN6S/c1-4-14-33(15-8-6-7-11-28-3)26-24-22(31-19(5-2)25(24)27)17-23(32-26)34-18-9-10-20-21(16-18)30-13-12-29-20/h9-10,12-13,16-17,28,31H,4-8,11,14-15H2,1-3H3. The number of H-pyrrole nitrogens is 1. The second-order valence-electron chi connectivity index (χ2n) is 8.44.